The van der Waals surface area contributed by atoms with Gasteiger partial charge in [0.25, 0.3) is 0 Å². The second-order valence-corrected chi connectivity index (χ2v) is 4.90. The number of likely N-dealkylation sites (tertiary alicyclic amines) is 1. The van der Waals surface area contributed by atoms with Crippen LogP contribution in [0.2, 0.25) is 0 Å². The minimum absolute atomic E-state index is 0.00476. The van der Waals surface area contributed by atoms with Crippen molar-refractivity contribution in [3.63, 3.8) is 0 Å². The zero-order valence-electron chi connectivity index (χ0n) is 10.3. The van der Waals surface area contributed by atoms with Gasteiger partial charge < -0.3 is 10.0 Å². The molecule has 106 valence electrons. The highest BCUT2D eigenvalue weighted by atomic mass is 19.4. The first kappa shape index (κ1) is 14.1. The fourth-order valence-electron chi connectivity index (χ4n) is 2.37. The average Bonchev–Trinajstić information content (AvgIpc) is 2.73. The van der Waals surface area contributed by atoms with Crippen molar-refractivity contribution < 1.29 is 22.7 Å². The molecule has 0 unspecified atom stereocenters. The molecule has 0 amide bonds. The molecule has 1 aliphatic heterocycles. The van der Waals surface area contributed by atoms with Gasteiger partial charge in [-0.3, -0.25) is 0 Å². The summed E-state index contributed by atoms with van der Waals surface area (Å²) in [7, 11) is 0. The zero-order valence-corrected chi connectivity index (χ0v) is 10.3. The number of alkyl halides is 3. The van der Waals surface area contributed by atoms with E-state index >= 15 is 0 Å². The molecule has 1 heterocycles. The summed E-state index contributed by atoms with van der Waals surface area (Å²) in [4.78, 5) is 1.72. The van der Waals surface area contributed by atoms with Crippen LogP contribution >= 0.6 is 0 Å². The number of phenolic OH excluding ortho intramolecular Hbond substituents is 1. The lowest BCUT2D eigenvalue weighted by Crippen LogP contribution is -2.28. The van der Waals surface area contributed by atoms with Crippen LogP contribution in [0.25, 0.3) is 0 Å². The van der Waals surface area contributed by atoms with Gasteiger partial charge in [0.2, 0.25) is 0 Å². The maximum atomic E-state index is 13.0. The van der Waals surface area contributed by atoms with Crippen molar-refractivity contribution >= 4 is 0 Å². The number of hydrogen-bond donors (Lipinski definition) is 1. The highest BCUT2D eigenvalue weighted by Gasteiger charge is 2.43. The van der Waals surface area contributed by atoms with E-state index < -0.39 is 17.9 Å². The van der Waals surface area contributed by atoms with Gasteiger partial charge in [0.05, 0.1) is 5.92 Å². The van der Waals surface area contributed by atoms with E-state index in [4.69, 9.17) is 0 Å². The van der Waals surface area contributed by atoms with E-state index in [-0.39, 0.29) is 18.7 Å². The first-order valence-electron chi connectivity index (χ1n) is 6.12. The first-order valence-corrected chi connectivity index (χ1v) is 6.12. The Balaban J connectivity index is 1.87. The summed E-state index contributed by atoms with van der Waals surface area (Å²) < 4.78 is 50.5. The molecular formula is C13H15F4NO. The van der Waals surface area contributed by atoms with E-state index in [1.165, 1.54) is 12.1 Å². The van der Waals surface area contributed by atoms with Crippen LogP contribution in [0.15, 0.2) is 18.2 Å². The van der Waals surface area contributed by atoms with Gasteiger partial charge in [-0.1, -0.05) is 0 Å². The number of nitrogens with zero attached hydrogens (tertiary/aromatic N) is 1. The van der Waals surface area contributed by atoms with E-state index in [1.54, 1.807) is 4.90 Å². The highest BCUT2D eigenvalue weighted by molar-refractivity contribution is 5.28. The molecule has 0 saturated carbocycles. The monoisotopic (exact) mass is 277 g/mol. The second kappa shape index (κ2) is 5.36. The Morgan fingerprint density at radius 3 is 2.58 bits per heavy atom. The van der Waals surface area contributed by atoms with Crippen molar-refractivity contribution in [1.82, 2.24) is 4.90 Å². The fourth-order valence-corrected chi connectivity index (χ4v) is 2.37. The van der Waals surface area contributed by atoms with Crippen molar-refractivity contribution in [2.45, 2.75) is 19.0 Å². The van der Waals surface area contributed by atoms with E-state index in [0.717, 1.165) is 6.07 Å². The normalized spacial score (nSPS) is 20.9. The lowest BCUT2D eigenvalue weighted by Gasteiger charge is -2.17. The molecule has 2 nitrogen and oxygen atoms in total. The van der Waals surface area contributed by atoms with Gasteiger partial charge in [-0.15, -0.1) is 0 Å². The van der Waals surface area contributed by atoms with Crippen molar-refractivity contribution in [1.29, 1.82) is 0 Å². The predicted octanol–water partition coefficient (Wildman–Crippen LogP) is 2.96. The smallest absolute Gasteiger partial charge is 0.393 e. The summed E-state index contributed by atoms with van der Waals surface area (Å²) in [5.74, 6) is -1.96. The van der Waals surface area contributed by atoms with Crippen LogP contribution in [0, 0.1) is 11.7 Å². The van der Waals surface area contributed by atoms with Gasteiger partial charge in [-0.25, -0.2) is 4.39 Å². The van der Waals surface area contributed by atoms with Crippen molar-refractivity contribution in [3.05, 3.63) is 29.6 Å². The van der Waals surface area contributed by atoms with Gasteiger partial charge in [0.15, 0.2) is 0 Å². The Hall–Kier alpha value is -1.30. The minimum Gasteiger partial charge on any atom is -0.508 e. The van der Waals surface area contributed by atoms with E-state index in [0.29, 0.717) is 25.1 Å². The summed E-state index contributed by atoms with van der Waals surface area (Å²) in [5.41, 5.74) is 0.591. The third-order valence-corrected chi connectivity index (χ3v) is 3.39. The topological polar surface area (TPSA) is 23.5 Å². The van der Waals surface area contributed by atoms with Crippen LogP contribution in [-0.2, 0) is 6.42 Å². The molecule has 1 aromatic carbocycles. The van der Waals surface area contributed by atoms with Crippen LogP contribution in [0.5, 0.6) is 5.75 Å². The molecule has 1 saturated heterocycles. The number of rotatable bonds is 3. The SMILES string of the molecule is Oc1cc(F)cc(CCN2CC[C@H](C(F)(F)F)C2)c1. The van der Waals surface area contributed by atoms with Gasteiger partial charge in [-0.05, 0) is 37.1 Å². The number of hydrogen-bond acceptors (Lipinski definition) is 2. The fraction of sp³-hybridized carbons (Fsp3) is 0.538. The molecule has 1 aromatic rings. The van der Waals surface area contributed by atoms with Gasteiger partial charge in [0.1, 0.15) is 11.6 Å². The maximum Gasteiger partial charge on any atom is 0.393 e. The Bertz CT molecular complexity index is 427. The molecule has 0 radical (unpaired) electrons. The summed E-state index contributed by atoms with van der Waals surface area (Å²) in [6.45, 7) is 0.853. The quantitative estimate of drug-likeness (QED) is 0.859. The Labute approximate surface area is 108 Å². The summed E-state index contributed by atoms with van der Waals surface area (Å²) >= 11 is 0. The van der Waals surface area contributed by atoms with Crippen molar-refractivity contribution in [3.8, 4) is 5.75 Å². The number of benzene rings is 1. The summed E-state index contributed by atoms with van der Waals surface area (Å²) in [5, 5.41) is 9.23. The number of aromatic hydroxyl groups is 1. The molecule has 19 heavy (non-hydrogen) atoms. The maximum absolute atomic E-state index is 13.0. The van der Waals surface area contributed by atoms with Crippen LogP contribution in [0.1, 0.15) is 12.0 Å². The van der Waals surface area contributed by atoms with Gasteiger partial charge in [0, 0.05) is 19.2 Å². The molecule has 1 atom stereocenters. The average molecular weight is 277 g/mol. The molecule has 2 rings (SSSR count). The van der Waals surface area contributed by atoms with Gasteiger partial charge in [-0.2, -0.15) is 13.2 Å². The molecule has 0 aromatic heterocycles. The van der Waals surface area contributed by atoms with Crippen LogP contribution in [0.3, 0.4) is 0 Å². The Kier molecular flexibility index (Phi) is 3.99. The molecular weight excluding hydrogens is 262 g/mol. The third kappa shape index (κ3) is 3.83. The van der Waals surface area contributed by atoms with E-state index in [9.17, 15) is 22.7 Å². The number of phenols is 1. The molecule has 1 aliphatic rings. The summed E-state index contributed by atoms with van der Waals surface area (Å²) in [6, 6.07) is 3.72. The predicted molar refractivity (Wildman–Crippen MR) is 62.4 cm³/mol. The third-order valence-electron chi connectivity index (χ3n) is 3.39. The summed E-state index contributed by atoms with van der Waals surface area (Å²) in [6.07, 6.45) is -3.58. The molecule has 6 heteroatoms. The molecule has 0 bridgehead atoms. The standard InChI is InChI=1S/C13H15F4NO/c14-11-5-9(6-12(19)7-11)1-3-18-4-2-10(8-18)13(15,16)17/h5-7,10,19H,1-4,8H2/t10-/m0/s1. The number of halogens is 4. The van der Waals surface area contributed by atoms with Crippen LogP contribution in [-0.4, -0.2) is 35.8 Å². The van der Waals surface area contributed by atoms with Crippen molar-refractivity contribution in [2.24, 2.45) is 5.92 Å². The van der Waals surface area contributed by atoms with E-state index in [1.807, 2.05) is 0 Å². The second-order valence-electron chi connectivity index (χ2n) is 4.90. The first-order chi connectivity index (χ1) is 8.84. The van der Waals surface area contributed by atoms with Gasteiger partial charge >= 0.3 is 6.18 Å². The Morgan fingerprint density at radius 1 is 1.26 bits per heavy atom. The van der Waals surface area contributed by atoms with Crippen LogP contribution < -0.4 is 0 Å². The highest BCUT2D eigenvalue weighted by Crippen LogP contribution is 2.33. The largest absolute Gasteiger partial charge is 0.508 e. The van der Waals surface area contributed by atoms with Crippen molar-refractivity contribution in [2.75, 3.05) is 19.6 Å². The van der Waals surface area contributed by atoms with E-state index in [2.05, 4.69) is 0 Å². The lowest BCUT2D eigenvalue weighted by atomic mass is 10.1. The van der Waals surface area contributed by atoms with Crippen LogP contribution in [0.4, 0.5) is 17.6 Å². The minimum atomic E-state index is -4.13. The Morgan fingerprint density at radius 2 is 2.00 bits per heavy atom. The molecule has 1 fully saturated rings. The lowest BCUT2D eigenvalue weighted by molar-refractivity contribution is -0.170. The molecule has 0 spiro atoms. The molecule has 1 N–H and O–H groups in total. The zero-order chi connectivity index (χ0) is 14.0. The molecule has 0 aliphatic carbocycles.